The molecule has 0 spiro atoms. The van der Waals surface area contributed by atoms with Gasteiger partial charge in [-0.15, -0.1) is 0 Å². The predicted molar refractivity (Wildman–Crippen MR) is 67.1 cm³/mol. The van der Waals surface area contributed by atoms with Crippen LogP contribution < -0.4 is 5.32 Å². The van der Waals surface area contributed by atoms with E-state index in [1.54, 1.807) is 12.1 Å². The van der Waals surface area contributed by atoms with Gasteiger partial charge in [0.25, 0.3) is 0 Å². The maximum atomic E-state index is 13.4. The lowest BCUT2D eigenvalue weighted by Gasteiger charge is -2.14. The van der Waals surface area contributed by atoms with Gasteiger partial charge in [0.15, 0.2) is 0 Å². The van der Waals surface area contributed by atoms with E-state index in [9.17, 15) is 4.39 Å². The van der Waals surface area contributed by atoms with Gasteiger partial charge in [0.2, 0.25) is 0 Å². The van der Waals surface area contributed by atoms with Crippen LogP contribution in [0.25, 0.3) is 0 Å². The quantitative estimate of drug-likeness (QED) is 0.886. The van der Waals surface area contributed by atoms with E-state index in [1.807, 2.05) is 0 Å². The number of halogens is 2. The molecule has 16 heavy (non-hydrogen) atoms. The number of hydrogen-bond acceptors (Lipinski definition) is 2. The molecule has 4 heteroatoms. The fourth-order valence-corrected chi connectivity index (χ4v) is 2.13. The van der Waals surface area contributed by atoms with E-state index in [-0.39, 0.29) is 5.82 Å². The lowest BCUT2D eigenvalue weighted by Crippen LogP contribution is -2.25. The normalized spacial score (nSPS) is 15.8. The zero-order valence-corrected chi connectivity index (χ0v) is 10.6. The van der Waals surface area contributed by atoms with Crippen LogP contribution in [-0.2, 0) is 6.54 Å². The number of rotatable bonds is 2. The molecule has 0 amide bonds. The summed E-state index contributed by atoms with van der Waals surface area (Å²) < 4.78 is 14.3. The van der Waals surface area contributed by atoms with Gasteiger partial charge in [-0.2, -0.15) is 0 Å². The van der Waals surface area contributed by atoms with Crippen molar-refractivity contribution in [3.05, 3.63) is 34.1 Å². The summed E-state index contributed by atoms with van der Waals surface area (Å²) in [6.07, 6.45) is 3.32. The van der Waals surface area contributed by atoms with Crippen molar-refractivity contribution in [2.24, 2.45) is 4.99 Å². The van der Waals surface area contributed by atoms with Crippen molar-refractivity contribution in [1.82, 2.24) is 5.32 Å². The highest BCUT2D eigenvalue weighted by atomic mass is 79.9. The molecule has 0 aromatic heterocycles. The summed E-state index contributed by atoms with van der Waals surface area (Å²) in [5.74, 6) is 0.831. The maximum Gasteiger partial charge on any atom is 0.128 e. The first-order valence-corrected chi connectivity index (χ1v) is 6.26. The van der Waals surface area contributed by atoms with Crippen LogP contribution in [-0.4, -0.2) is 12.4 Å². The summed E-state index contributed by atoms with van der Waals surface area (Å²) in [6, 6.07) is 4.98. The van der Waals surface area contributed by atoms with Gasteiger partial charge in [0, 0.05) is 29.5 Å². The second kappa shape index (κ2) is 5.43. The van der Waals surface area contributed by atoms with Crippen LogP contribution in [0.15, 0.2) is 27.7 Å². The minimum atomic E-state index is -0.174. The molecule has 1 aliphatic heterocycles. The van der Waals surface area contributed by atoms with Gasteiger partial charge < -0.3 is 5.32 Å². The SMILES string of the molecule is Fc1ccc(Br)cc1CNC1=NCCCC1. The number of nitrogens with zero attached hydrogens (tertiary/aromatic N) is 1. The minimum absolute atomic E-state index is 0.174. The maximum absolute atomic E-state index is 13.4. The third-order valence-electron chi connectivity index (χ3n) is 2.62. The molecule has 0 bridgehead atoms. The summed E-state index contributed by atoms with van der Waals surface area (Å²) >= 11 is 3.34. The highest BCUT2D eigenvalue weighted by molar-refractivity contribution is 9.10. The third kappa shape index (κ3) is 3.04. The van der Waals surface area contributed by atoms with E-state index in [0.29, 0.717) is 12.1 Å². The summed E-state index contributed by atoms with van der Waals surface area (Å²) in [4.78, 5) is 4.37. The first kappa shape index (κ1) is 11.6. The van der Waals surface area contributed by atoms with E-state index in [0.717, 1.165) is 29.7 Å². The van der Waals surface area contributed by atoms with Gasteiger partial charge >= 0.3 is 0 Å². The number of aliphatic imine (C=N–C) groups is 1. The second-order valence-corrected chi connectivity index (χ2v) is 4.79. The van der Waals surface area contributed by atoms with Crippen molar-refractivity contribution >= 4 is 21.8 Å². The molecule has 86 valence electrons. The van der Waals surface area contributed by atoms with E-state index < -0.39 is 0 Å². The van der Waals surface area contributed by atoms with E-state index in [1.165, 1.54) is 12.5 Å². The Bertz CT molecular complexity index is 404. The van der Waals surface area contributed by atoms with Gasteiger partial charge in [0.1, 0.15) is 5.82 Å². The Hall–Kier alpha value is -0.900. The van der Waals surface area contributed by atoms with Crippen LogP contribution in [0.3, 0.4) is 0 Å². The molecule has 2 rings (SSSR count). The first-order chi connectivity index (χ1) is 7.75. The average Bonchev–Trinajstić information content (AvgIpc) is 2.32. The van der Waals surface area contributed by atoms with Crippen molar-refractivity contribution in [2.45, 2.75) is 25.8 Å². The van der Waals surface area contributed by atoms with E-state index in [4.69, 9.17) is 0 Å². The van der Waals surface area contributed by atoms with Gasteiger partial charge in [-0.3, -0.25) is 4.99 Å². The Morgan fingerprint density at radius 1 is 1.38 bits per heavy atom. The van der Waals surface area contributed by atoms with Crippen molar-refractivity contribution in [3.8, 4) is 0 Å². The van der Waals surface area contributed by atoms with Crippen molar-refractivity contribution in [2.75, 3.05) is 6.54 Å². The van der Waals surface area contributed by atoms with Gasteiger partial charge in [0.05, 0.1) is 5.84 Å². The van der Waals surface area contributed by atoms with Gasteiger partial charge in [-0.05, 0) is 31.0 Å². The molecule has 0 fully saturated rings. The smallest absolute Gasteiger partial charge is 0.128 e. The Morgan fingerprint density at radius 2 is 2.25 bits per heavy atom. The zero-order chi connectivity index (χ0) is 11.4. The van der Waals surface area contributed by atoms with Crippen LogP contribution in [0.4, 0.5) is 4.39 Å². The summed E-state index contributed by atoms with van der Waals surface area (Å²) in [5, 5.41) is 3.20. The molecule has 0 saturated heterocycles. The largest absolute Gasteiger partial charge is 0.370 e. The molecule has 0 saturated carbocycles. The highest BCUT2D eigenvalue weighted by Crippen LogP contribution is 2.15. The fraction of sp³-hybridized carbons (Fsp3) is 0.417. The summed E-state index contributed by atoms with van der Waals surface area (Å²) in [7, 11) is 0. The molecule has 0 atom stereocenters. The summed E-state index contributed by atoms with van der Waals surface area (Å²) in [6.45, 7) is 1.40. The zero-order valence-electron chi connectivity index (χ0n) is 8.97. The topological polar surface area (TPSA) is 24.4 Å². The Balaban J connectivity index is 1.98. The van der Waals surface area contributed by atoms with Crippen molar-refractivity contribution in [1.29, 1.82) is 0 Å². The molecular formula is C12H14BrFN2. The molecule has 1 aromatic rings. The van der Waals surface area contributed by atoms with Crippen LogP contribution in [0.5, 0.6) is 0 Å². The molecular weight excluding hydrogens is 271 g/mol. The minimum Gasteiger partial charge on any atom is -0.370 e. The Labute approximate surface area is 103 Å². The van der Waals surface area contributed by atoms with Crippen LogP contribution in [0.1, 0.15) is 24.8 Å². The standard InChI is InChI=1S/C12H14BrFN2/c13-10-4-5-11(14)9(7-10)8-16-12-3-1-2-6-15-12/h4-5,7H,1-3,6,8H2,(H,15,16). The predicted octanol–water partition coefficient (Wildman–Crippen LogP) is 3.26. The average molecular weight is 285 g/mol. The van der Waals surface area contributed by atoms with Crippen LogP contribution in [0.2, 0.25) is 0 Å². The second-order valence-electron chi connectivity index (χ2n) is 3.87. The van der Waals surface area contributed by atoms with Gasteiger partial charge in [-0.25, -0.2) is 4.39 Å². The van der Waals surface area contributed by atoms with E-state index >= 15 is 0 Å². The molecule has 0 radical (unpaired) electrons. The number of benzene rings is 1. The highest BCUT2D eigenvalue weighted by Gasteiger charge is 2.06. The molecule has 0 aliphatic carbocycles. The Morgan fingerprint density at radius 3 is 3.00 bits per heavy atom. The molecule has 0 unspecified atom stereocenters. The van der Waals surface area contributed by atoms with Crippen LogP contribution in [0, 0.1) is 5.82 Å². The lowest BCUT2D eigenvalue weighted by atomic mass is 10.1. The third-order valence-corrected chi connectivity index (χ3v) is 3.11. The van der Waals surface area contributed by atoms with E-state index in [2.05, 4.69) is 26.2 Å². The summed E-state index contributed by atoms with van der Waals surface area (Å²) in [5.41, 5.74) is 0.669. The van der Waals surface area contributed by atoms with Crippen molar-refractivity contribution < 1.29 is 4.39 Å². The molecule has 1 aliphatic rings. The molecule has 1 N–H and O–H groups in total. The first-order valence-electron chi connectivity index (χ1n) is 5.47. The number of amidine groups is 1. The number of nitrogens with one attached hydrogen (secondary N) is 1. The van der Waals surface area contributed by atoms with Gasteiger partial charge in [-0.1, -0.05) is 15.9 Å². The monoisotopic (exact) mass is 284 g/mol. The van der Waals surface area contributed by atoms with Crippen molar-refractivity contribution in [3.63, 3.8) is 0 Å². The number of hydrogen-bond donors (Lipinski definition) is 1. The fourth-order valence-electron chi connectivity index (χ4n) is 1.72. The lowest BCUT2D eigenvalue weighted by molar-refractivity contribution is 0.603. The molecule has 1 aromatic carbocycles. The molecule has 1 heterocycles. The molecule has 2 nitrogen and oxygen atoms in total. The van der Waals surface area contributed by atoms with Crippen LogP contribution >= 0.6 is 15.9 Å². The Kier molecular flexibility index (Phi) is 3.93.